The highest BCUT2D eigenvalue weighted by Crippen LogP contribution is 2.29. The van der Waals surface area contributed by atoms with Crippen molar-refractivity contribution in [1.29, 1.82) is 0 Å². The molecule has 0 fully saturated rings. The Balaban J connectivity index is 1.51. The van der Waals surface area contributed by atoms with Crippen molar-refractivity contribution in [1.82, 2.24) is 5.32 Å². The number of esters is 1. The van der Waals surface area contributed by atoms with Gasteiger partial charge in [0.2, 0.25) is 0 Å². The van der Waals surface area contributed by atoms with E-state index >= 15 is 0 Å². The van der Waals surface area contributed by atoms with Gasteiger partial charge in [-0.2, -0.15) is 0 Å². The third-order valence-corrected chi connectivity index (χ3v) is 5.72. The number of amides is 1. The minimum atomic E-state index is -0.498. The maximum absolute atomic E-state index is 13.0. The number of ether oxygens (including phenoxy) is 1. The van der Waals surface area contributed by atoms with Gasteiger partial charge in [0, 0.05) is 0 Å². The van der Waals surface area contributed by atoms with Crippen LogP contribution in [0.4, 0.5) is 0 Å². The lowest BCUT2D eigenvalue weighted by Crippen LogP contribution is -2.31. The maximum atomic E-state index is 13.0. The monoisotopic (exact) mass is 411 g/mol. The largest absolute Gasteiger partial charge is 0.452 e. The van der Waals surface area contributed by atoms with E-state index in [4.69, 9.17) is 4.74 Å². The minimum absolute atomic E-state index is 0.177. The molecular weight excluding hydrogens is 386 g/mol. The second-order valence-electron chi connectivity index (χ2n) is 7.90. The molecule has 1 amide bonds. The molecule has 0 spiro atoms. The Bertz CT molecular complexity index is 1240. The molecule has 0 saturated heterocycles. The Kier molecular flexibility index (Phi) is 5.72. The van der Waals surface area contributed by atoms with E-state index in [0.29, 0.717) is 5.56 Å². The molecule has 0 saturated carbocycles. The lowest BCUT2D eigenvalue weighted by Gasteiger charge is -2.16. The van der Waals surface area contributed by atoms with E-state index in [0.717, 1.165) is 27.1 Å². The normalized spacial score (nSPS) is 12.0. The number of aryl methyl sites for hydroxylation is 2. The van der Waals surface area contributed by atoms with Gasteiger partial charge >= 0.3 is 5.97 Å². The molecule has 31 heavy (non-hydrogen) atoms. The third-order valence-electron chi connectivity index (χ3n) is 5.72. The second-order valence-corrected chi connectivity index (χ2v) is 7.90. The Morgan fingerprint density at radius 2 is 1.45 bits per heavy atom. The molecule has 4 rings (SSSR count). The van der Waals surface area contributed by atoms with Crippen molar-refractivity contribution in [2.24, 2.45) is 0 Å². The Hall–Kier alpha value is -3.66. The van der Waals surface area contributed by atoms with Crippen molar-refractivity contribution in [2.75, 3.05) is 6.61 Å². The molecule has 0 aromatic heterocycles. The first-order chi connectivity index (χ1) is 14.9. The van der Waals surface area contributed by atoms with Gasteiger partial charge < -0.3 is 10.1 Å². The van der Waals surface area contributed by atoms with E-state index < -0.39 is 5.97 Å². The van der Waals surface area contributed by atoms with Crippen LogP contribution in [0.1, 0.15) is 40.0 Å². The molecule has 4 heteroatoms. The number of hydrogen-bond acceptors (Lipinski definition) is 3. The van der Waals surface area contributed by atoms with Crippen LogP contribution in [-0.4, -0.2) is 18.5 Å². The lowest BCUT2D eigenvalue weighted by atomic mass is 9.97. The molecule has 0 radical (unpaired) electrons. The molecule has 4 nitrogen and oxygen atoms in total. The number of rotatable bonds is 5. The summed E-state index contributed by atoms with van der Waals surface area (Å²) in [5.74, 6) is -0.828. The highest BCUT2D eigenvalue weighted by Gasteiger charge is 2.18. The van der Waals surface area contributed by atoms with Crippen LogP contribution in [0, 0.1) is 13.8 Å². The predicted molar refractivity (Wildman–Crippen MR) is 124 cm³/mol. The van der Waals surface area contributed by atoms with Gasteiger partial charge in [-0.3, -0.25) is 4.79 Å². The van der Waals surface area contributed by atoms with E-state index in [1.54, 1.807) is 0 Å². The van der Waals surface area contributed by atoms with Crippen LogP contribution in [-0.2, 0) is 9.53 Å². The van der Waals surface area contributed by atoms with Crippen molar-refractivity contribution >= 4 is 33.4 Å². The number of hydrogen-bond donors (Lipinski definition) is 1. The first kappa shape index (κ1) is 20.6. The smallest absolute Gasteiger partial charge is 0.339 e. The first-order valence-corrected chi connectivity index (χ1v) is 10.4. The van der Waals surface area contributed by atoms with Crippen LogP contribution in [0.3, 0.4) is 0 Å². The molecule has 0 bridgehead atoms. The van der Waals surface area contributed by atoms with Gasteiger partial charge in [0.15, 0.2) is 6.61 Å². The zero-order chi connectivity index (χ0) is 22.0. The average Bonchev–Trinajstić information content (AvgIpc) is 2.77. The zero-order valence-electron chi connectivity index (χ0n) is 17.9. The van der Waals surface area contributed by atoms with Gasteiger partial charge in [-0.1, -0.05) is 66.7 Å². The van der Waals surface area contributed by atoms with Crippen LogP contribution >= 0.6 is 0 Å². The fourth-order valence-corrected chi connectivity index (χ4v) is 3.84. The number of carbonyl (C=O) groups excluding carboxylic acids is 2. The highest BCUT2D eigenvalue weighted by atomic mass is 16.5. The van der Waals surface area contributed by atoms with Crippen molar-refractivity contribution in [3.63, 3.8) is 0 Å². The van der Waals surface area contributed by atoms with Crippen molar-refractivity contribution in [2.45, 2.75) is 26.8 Å². The van der Waals surface area contributed by atoms with Crippen molar-refractivity contribution in [3.05, 3.63) is 95.1 Å². The summed E-state index contributed by atoms with van der Waals surface area (Å²) >= 11 is 0. The van der Waals surface area contributed by atoms with Crippen LogP contribution in [0.2, 0.25) is 0 Å². The summed E-state index contributed by atoms with van der Waals surface area (Å²) in [4.78, 5) is 25.5. The number of carbonyl (C=O) groups is 2. The molecule has 0 unspecified atom stereocenters. The van der Waals surface area contributed by atoms with Crippen LogP contribution in [0.25, 0.3) is 21.5 Å². The maximum Gasteiger partial charge on any atom is 0.339 e. The van der Waals surface area contributed by atoms with Crippen LogP contribution in [0.15, 0.2) is 72.8 Å². The Morgan fingerprint density at radius 3 is 2.06 bits per heavy atom. The topological polar surface area (TPSA) is 55.4 Å². The van der Waals surface area contributed by atoms with E-state index in [1.165, 1.54) is 11.1 Å². The highest BCUT2D eigenvalue weighted by molar-refractivity contribution is 6.16. The predicted octanol–water partition coefficient (Wildman–Crippen LogP) is 5.64. The van der Waals surface area contributed by atoms with Gasteiger partial charge in [-0.15, -0.1) is 0 Å². The zero-order valence-corrected chi connectivity index (χ0v) is 17.9. The van der Waals surface area contributed by atoms with E-state index in [-0.39, 0.29) is 18.6 Å². The molecule has 1 atom stereocenters. The summed E-state index contributed by atoms with van der Waals surface area (Å²) in [7, 11) is 0. The number of nitrogens with one attached hydrogen (secondary N) is 1. The van der Waals surface area contributed by atoms with Crippen molar-refractivity contribution in [3.8, 4) is 0 Å². The van der Waals surface area contributed by atoms with Crippen LogP contribution in [0.5, 0.6) is 0 Å². The summed E-state index contributed by atoms with van der Waals surface area (Å²) in [6.07, 6.45) is 0. The van der Waals surface area contributed by atoms with Gasteiger partial charge in [-0.25, -0.2) is 4.79 Å². The molecule has 0 aliphatic heterocycles. The Morgan fingerprint density at radius 1 is 0.839 bits per heavy atom. The van der Waals surface area contributed by atoms with Gasteiger partial charge in [0.1, 0.15) is 0 Å². The summed E-state index contributed by atoms with van der Waals surface area (Å²) < 4.78 is 5.43. The van der Waals surface area contributed by atoms with Gasteiger partial charge in [0.25, 0.3) is 5.91 Å². The molecule has 0 aliphatic rings. The molecular formula is C27H25NO3. The molecule has 1 N–H and O–H groups in total. The number of benzene rings is 4. The summed E-state index contributed by atoms with van der Waals surface area (Å²) in [5, 5.41) is 6.46. The Labute approximate surface area is 181 Å². The first-order valence-electron chi connectivity index (χ1n) is 10.4. The fraction of sp³-hybridized carbons (Fsp3) is 0.185. The quantitative estimate of drug-likeness (QED) is 0.341. The molecule has 4 aromatic carbocycles. The summed E-state index contributed by atoms with van der Waals surface area (Å²) in [6.45, 7) is 5.69. The minimum Gasteiger partial charge on any atom is -0.452 e. The SMILES string of the molecule is Cc1ccc([C@@H](C)NC(=O)COC(=O)c2c3ccccc3cc3ccccc23)cc1C. The molecule has 156 valence electrons. The molecule has 4 aromatic rings. The number of fused-ring (bicyclic) bond motifs is 2. The summed E-state index contributed by atoms with van der Waals surface area (Å²) in [6, 6.07) is 23.4. The van der Waals surface area contributed by atoms with Gasteiger partial charge in [0.05, 0.1) is 11.6 Å². The van der Waals surface area contributed by atoms with Crippen LogP contribution < -0.4 is 5.32 Å². The molecule has 0 heterocycles. The lowest BCUT2D eigenvalue weighted by molar-refractivity contribution is -0.124. The third kappa shape index (κ3) is 4.29. The fourth-order valence-electron chi connectivity index (χ4n) is 3.84. The molecule has 0 aliphatic carbocycles. The average molecular weight is 412 g/mol. The van der Waals surface area contributed by atoms with E-state index in [2.05, 4.69) is 24.4 Å². The second kappa shape index (κ2) is 8.60. The van der Waals surface area contributed by atoms with E-state index in [1.807, 2.05) is 74.5 Å². The standard InChI is InChI=1S/C27H25NO3/c1-17-12-13-20(14-18(17)2)19(3)28-25(29)16-31-27(30)26-23-10-6-4-8-21(23)15-22-9-5-7-11-24(22)26/h4-15,19H,16H2,1-3H3,(H,28,29)/t19-/m1/s1. The summed E-state index contributed by atoms with van der Waals surface area (Å²) in [5.41, 5.74) is 3.89. The van der Waals surface area contributed by atoms with E-state index in [9.17, 15) is 9.59 Å². The van der Waals surface area contributed by atoms with Crippen molar-refractivity contribution < 1.29 is 14.3 Å². The van der Waals surface area contributed by atoms with Gasteiger partial charge in [-0.05, 0) is 65.1 Å².